The monoisotopic (exact) mass is 250 g/mol. The van der Waals surface area contributed by atoms with E-state index in [1.54, 1.807) is 6.07 Å². The second-order valence-corrected chi connectivity index (χ2v) is 4.76. The summed E-state index contributed by atoms with van der Waals surface area (Å²) in [5.41, 5.74) is 0.0413. The van der Waals surface area contributed by atoms with Crippen molar-refractivity contribution in [1.29, 1.82) is 5.26 Å². The molecule has 0 radical (unpaired) electrons. The molecule has 2 rings (SSSR count). The lowest BCUT2D eigenvalue weighted by Gasteiger charge is -2.29. The number of anilines is 1. The fraction of sp³-hybridized carbons (Fsp3) is 0.500. The van der Waals surface area contributed by atoms with Crippen LogP contribution in [-0.4, -0.2) is 12.6 Å². The van der Waals surface area contributed by atoms with Gasteiger partial charge in [0.25, 0.3) is 0 Å². The van der Waals surface area contributed by atoms with E-state index in [4.69, 9.17) is 5.26 Å². The highest BCUT2D eigenvalue weighted by atomic mass is 19.2. The second kappa shape index (κ2) is 5.34. The van der Waals surface area contributed by atoms with Gasteiger partial charge in [0, 0.05) is 12.6 Å². The van der Waals surface area contributed by atoms with Gasteiger partial charge in [-0.1, -0.05) is 12.8 Å². The van der Waals surface area contributed by atoms with Crippen LogP contribution in [0.1, 0.15) is 38.2 Å². The van der Waals surface area contributed by atoms with Gasteiger partial charge >= 0.3 is 0 Å². The lowest BCUT2D eigenvalue weighted by molar-refractivity contribution is 0.498. The highest BCUT2D eigenvalue weighted by Crippen LogP contribution is 2.29. The molecule has 2 nitrogen and oxygen atoms in total. The van der Waals surface area contributed by atoms with Gasteiger partial charge in [-0.25, -0.2) is 8.78 Å². The molecule has 18 heavy (non-hydrogen) atoms. The van der Waals surface area contributed by atoms with E-state index in [1.165, 1.54) is 12.1 Å². The summed E-state index contributed by atoms with van der Waals surface area (Å²) in [6.07, 6.45) is 4.23. The predicted octanol–water partition coefficient (Wildman–Crippen LogP) is 3.61. The van der Waals surface area contributed by atoms with Crippen LogP contribution in [0.4, 0.5) is 14.5 Å². The molecular formula is C14H16F2N2. The van der Waals surface area contributed by atoms with E-state index in [-0.39, 0.29) is 17.3 Å². The first kappa shape index (κ1) is 12.8. The summed E-state index contributed by atoms with van der Waals surface area (Å²) in [5, 5.41) is 8.67. The number of rotatable bonds is 1. The zero-order valence-electron chi connectivity index (χ0n) is 10.4. The van der Waals surface area contributed by atoms with Crippen LogP contribution in [0.3, 0.4) is 0 Å². The highest BCUT2D eigenvalue weighted by Gasteiger charge is 2.23. The van der Waals surface area contributed by atoms with Gasteiger partial charge in [0.1, 0.15) is 6.07 Å². The van der Waals surface area contributed by atoms with Crippen molar-refractivity contribution in [3.63, 3.8) is 0 Å². The molecule has 4 heteroatoms. The predicted molar refractivity (Wildman–Crippen MR) is 66.3 cm³/mol. The molecule has 0 bridgehead atoms. The molecule has 0 spiro atoms. The number of benzene rings is 1. The smallest absolute Gasteiger partial charge is 0.183 e. The van der Waals surface area contributed by atoms with Crippen molar-refractivity contribution in [3.05, 3.63) is 29.3 Å². The molecule has 1 unspecified atom stereocenters. The van der Waals surface area contributed by atoms with E-state index in [1.807, 2.05) is 11.8 Å². The average molecular weight is 250 g/mol. The van der Waals surface area contributed by atoms with Gasteiger partial charge in [-0.05, 0) is 31.9 Å². The third-order valence-electron chi connectivity index (χ3n) is 3.54. The normalized spacial score (nSPS) is 20.3. The maximum atomic E-state index is 14.0. The third kappa shape index (κ3) is 2.31. The van der Waals surface area contributed by atoms with Crippen LogP contribution in [0.5, 0.6) is 0 Å². The van der Waals surface area contributed by atoms with E-state index in [0.29, 0.717) is 0 Å². The maximum absolute atomic E-state index is 14.0. The van der Waals surface area contributed by atoms with Gasteiger partial charge in [-0.2, -0.15) is 5.26 Å². The fourth-order valence-electron chi connectivity index (χ4n) is 2.48. The summed E-state index contributed by atoms with van der Waals surface area (Å²) >= 11 is 0. The molecule has 1 heterocycles. The minimum atomic E-state index is -1.04. The van der Waals surface area contributed by atoms with Crippen molar-refractivity contribution in [2.75, 3.05) is 11.4 Å². The SMILES string of the molecule is CC1CCCCCN1c1ccc(C#N)c(F)c1F. The number of nitrogens with zero attached hydrogens (tertiary/aromatic N) is 2. The number of hydrogen-bond donors (Lipinski definition) is 0. The third-order valence-corrected chi connectivity index (χ3v) is 3.54. The highest BCUT2D eigenvalue weighted by molar-refractivity contribution is 5.52. The molecule has 1 aromatic rings. The van der Waals surface area contributed by atoms with Gasteiger partial charge < -0.3 is 4.90 Å². The van der Waals surface area contributed by atoms with Gasteiger partial charge in [0.15, 0.2) is 11.6 Å². The quantitative estimate of drug-likeness (QED) is 0.761. The van der Waals surface area contributed by atoms with Crippen molar-refractivity contribution >= 4 is 5.69 Å². The fourth-order valence-corrected chi connectivity index (χ4v) is 2.48. The lowest BCUT2D eigenvalue weighted by Crippen LogP contribution is -2.33. The molecule has 1 atom stereocenters. The van der Waals surface area contributed by atoms with Crippen molar-refractivity contribution in [2.24, 2.45) is 0 Å². The summed E-state index contributed by atoms with van der Waals surface area (Å²) in [6, 6.07) is 4.72. The van der Waals surface area contributed by atoms with Crippen molar-refractivity contribution in [1.82, 2.24) is 0 Å². The van der Waals surface area contributed by atoms with E-state index in [2.05, 4.69) is 0 Å². The second-order valence-electron chi connectivity index (χ2n) is 4.76. The Labute approximate surface area is 106 Å². The Morgan fingerprint density at radius 1 is 1.22 bits per heavy atom. The van der Waals surface area contributed by atoms with Crippen LogP contribution in [0.15, 0.2) is 12.1 Å². The summed E-state index contributed by atoms with van der Waals surface area (Å²) in [4.78, 5) is 1.91. The Morgan fingerprint density at radius 2 is 2.00 bits per heavy atom. The van der Waals surface area contributed by atoms with E-state index < -0.39 is 11.6 Å². The molecule has 0 aliphatic carbocycles. The van der Waals surface area contributed by atoms with Crippen LogP contribution in [0.2, 0.25) is 0 Å². The summed E-state index contributed by atoms with van der Waals surface area (Å²) in [6.45, 7) is 2.77. The van der Waals surface area contributed by atoms with E-state index in [9.17, 15) is 8.78 Å². The summed E-state index contributed by atoms with van der Waals surface area (Å²) < 4.78 is 27.6. The summed E-state index contributed by atoms with van der Waals surface area (Å²) in [7, 11) is 0. The molecule has 1 aromatic carbocycles. The Hall–Kier alpha value is -1.63. The topological polar surface area (TPSA) is 27.0 Å². The summed E-state index contributed by atoms with van der Waals surface area (Å²) in [5.74, 6) is -1.94. The first-order valence-electron chi connectivity index (χ1n) is 6.30. The Balaban J connectivity index is 2.38. The molecule has 1 fully saturated rings. The van der Waals surface area contributed by atoms with Crippen LogP contribution in [0, 0.1) is 23.0 Å². The van der Waals surface area contributed by atoms with Gasteiger partial charge in [0.05, 0.1) is 11.3 Å². The van der Waals surface area contributed by atoms with E-state index in [0.717, 1.165) is 32.2 Å². The number of nitriles is 1. The zero-order valence-corrected chi connectivity index (χ0v) is 10.4. The number of halogens is 2. The standard InChI is InChI=1S/C14H16F2N2/c1-10-5-3-2-4-8-18(10)12-7-6-11(9-17)13(15)14(12)16/h6-7,10H,2-5,8H2,1H3. The minimum absolute atomic E-state index is 0.203. The lowest BCUT2D eigenvalue weighted by atomic mass is 10.1. The molecule has 96 valence electrons. The van der Waals surface area contributed by atoms with E-state index >= 15 is 0 Å². The molecule has 0 aromatic heterocycles. The first-order valence-corrected chi connectivity index (χ1v) is 6.30. The molecular weight excluding hydrogens is 234 g/mol. The minimum Gasteiger partial charge on any atom is -0.366 e. The molecule has 0 N–H and O–H groups in total. The Bertz CT molecular complexity index is 479. The first-order chi connectivity index (χ1) is 8.65. The number of hydrogen-bond acceptors (Lipinski definition) is 2. The molecule has 1 aliphatic heterocycles. The van der Waals surface area contributed by atoms with Crippen molar-refractivity contribution < 1.29 is 8.78 Å². The van der Waals surface area contributed by atoms with Crippen molar-refractivity contribution in [2.45, 2.75) is 38.6 Å². The van der Waals surface area contributed by atoms with Gasteiger partial charge in [-0.15, -0.1) is 0 Å². The van der Waals surface area contributed by atoms with Crippen LogP contribution in [-0.2, 0) is 0 Å². The van der Waals surface area contributed by atoms with Crippen LogP contribution >= 0.6 is 0 Å². The zero-order chi connectivity index (χ0) is 13.1. The average Bonchev–Trinajstić information content (AvgIpc) is 2.58. The Morgan fingerprint density at radius 3 is 2.72 bits per heavy atom. The van der Waals surface area contributed by atoms with Crippen molar-refractivity contribution in [3.8, 4) is 6.07 Å². The van der Waals surface area contributed by atoms with Crippen LogP contribution < -0.4 is 4.90 Å². The Kier molecular flexibility index (Phi) is 3.81. The maximum Gasteiger partial charge on any atom is 0.183 e. The molecule has 0 amide bonds. The van der Waals surface area contributed by atoms with Gasteiger partial charge in [-0.3, -0.25) is 0 Å². The molecule has 0 saturated carbocycles. The van der Waals surface area contributed by atoms with Gasteiger partial charge in [0.2, 0.25) is 0 Å². The molecule has 1 aliphatic rings. The largest absolute Gasteiger partial charge is 0.366 e. The van der Waals surface area contributed by atoms with Crippen LogP contribution in [0.25, 0.3) is 0 Å². The molecule has 1 saturated heterocycles.